The van der Waals surface area contributed by atoms with Gasteiger partial charge in [-0.05, 0) is 43.4 Å². The van der Waals surface area contributed by atoms with Crippen molar-refractivity contribution in [1.82, 2.24) is 5.32 Å². The van der Waals surface area contributed by atoms with Gasteiger partial charge in [-0.3, -0.25) is 4.79 Å². The summed E-state index contributed by atoms with van der Waals surface area (Å²) in [5.74, 6) is -0.542. The van der Waals surface area contributed by atoms with E-state index in [9.17, 15) is 9.59 Å². The molecule has 1 amide bonds. The normalized spacial score (nSPS) is 15.4. The Morgan fingerprint density at radius 1 is 1.26 bits per heavy atom. The zero-order chi connectivity index (χ0) is 16.9. The summed E-state index contributed by atoms with van der Waals surface area (Å²) in [5.41, 5.74) is 0.683. The van der Waals surface area contributed by atoms with E-state index in [1.165, 1.54) is 6.42 Å². The molecule has 0 bridgehead atoms. The van der Waals surface area contributed by atoms with Gasteiger partial charge in [-0.25, -0.2) is 4.79 Å². The molecule has 1 aromatic rings. The second-order valence-electron chi connectivity index (χ2n) is 6.12. The zero-order valence-electron chi connectivity index (χ0n) is 13.6. The number of hydrogen-bond donors (Lipinski definition) is 2. The van der Waals surface area contributed by atoms with E-state index in [4.69, 9.17) is 14.6 Å². The van der Waals surface area contributed by atoms with Gasteiger partial charge >= 0.3 is 5.97 Å². The number of nitrogens with one attached hydrogen (secondary N) is 1. The molecule has 0 unspecified atom stereocenters. The van der Waals surface area contributed by atoms with E-state index in [0.717, 1.165) is 12.8 Å². The van der Waals surface area contributed by atoms with Crippen molar-refractivity contribution in [2.24, 2.45) is 5.41 Å². The SMILES string of the molecule is CCOc1cc(C(=O)NCC2(C)CCC2)ccc1OCC(=O)O. The maximum absolute atomic E-state index is 12.3. The first-order chi connectivity index (χ1) is 10.9. The Bertz CT molecular complexity index is 580. The Hall–Kier alpha value is -2.24. The Kier molecular flexibility index (Phi) is 5.47. The summed E-state index contributed by atoms with van der Waals surface area (Å²) in [4.78, 5) is 22.9. The fourth-order valence-corrected chi connectivity index (χ4v) is 2.53. The number of carbonyl (C=O) groups is 2. The topological polar surface area (TPSA) is 84.9 Å². The standard InChI is InChI=1S/C17H23NO5/c1-3-22-14-9-12(5-6-13(14)23-10-15(19)20)16(21)18-11-17(2)7-4-8-17/h5-6,9H,3-4,7-8,10-11H2,1-2H3,(H,18,21)(H,19,20). The lowest BCUT2D eigenvalue weighted by atomic mass is 9.70. The number of hydrogen-bond acceptors (Lipinski definition) is 4. The van der Waals surface area contributed by atoms with Gasteiger partial charge in [0.2, 0.25) is 0 Å². The predicted molar refractivity (Wildman–Crippen MR) is 85.0 cm³/mol. The van der Waals surface area contributed by atoms with E-state index in [1.54, 1.807) is 18.2 Å². The molecular formula is C17H23NO5. The van der Waals surface area contributed by atoms with Crippen LogP contribution in [0.5, 0.6) is 11.5 Å². The van der Waals surface area contributed by atoms with Crippen molar-refractivity contribution in [3.8, 4) is 11.5 Å². The third-order valence-corrected chi connectivity index (χ3v) is 4.09. The van der Waals surface area contributed by atoms with E-state index in [0.29, 0.717) is 30.2 Å². The van der Waals surface area contributed by atoms with E-state index in [1.807, 2.05) is 6.92 Å². The minimum atomic E-state index is -1.07. The monoisotopic (exact) mass is 321 g/mol. The molecule has 0 aliphatic heterocycles. The molecular weight excluding hydrogens is 298 g/mol. The third kappa shape index (κ3) is 4.61. The number of aliphatic carboxylic acids is 1. The second kappa shape index (κ2) is 7.35. The van der Waals surface area contributed by atoms with Gasteiger partial charge in [-0.1, -0.05) is 13.3 Å². The minimum absolute atomic E-state index is 0.163. The highest BCUT2D eigenvalue weighted by Gasteiger charge is 2.32. The Morgan fingerprint density at radius 3 is 2.57 bits per heavy atom. The number of amides is 1. The molecule has 1 aromatic carbocycles. The molecule has 0 radical (unpaired) electrons. The van der Waals surface area contributed by atoms with Gasteiger partial charge in [0, 0.05) is 12.1 Å². The Balaban J connectivity index is 2.04. The van der Waals surface area contributed by atoms with Gasteiger partial charge in [-0.2, -0.15) is 0 Å². The van der Waals surface area contributed by atoms with Crippen LogP contribution >= 0.6 is 0 Å². The number of carboxylic acid groups (broad SMARTS) is 1. The number of carbonyl (C=O) groups excluding carboxylic acids is 1. The summed E-state index contributed by atoms with van der Waals surface area (Å²) in [6.45, 7) is 4.58. The average Bonchev–Trinajstić information content (AvgIpc) is 2.49. The molecule has 1 fully saturated rings. The van der Waals surface area contributed by atoms with Crippen molar-refractivity contribution >= 4 is 11.9 Å². The van der Waals surface area contributed by atoms with Crippen LogP contribution in [0.15, 0.2) is 18.2 Å². The van der Waals surface area contributed by atoms with Crippen molar-refractivity contribution < 1.29 is 24.2 Å². The number of carboxylic acids is 1. The largest absolute Gasteiger partial charge is 0.490 e. The van der Waals surface area contributed by atoms with Crippen LogP contribution in [0.3, 0.4) is 0 Å². The van der Waals surface area contributed by atoms with Crippen LogP contribution in [-0.4, -0.2) is 36.7 Å². The molecule has 0 aromatic heterocycles. The summed E-state index contributed by atoms with van der Waals surface area (Å²) >= 11 is 0. The van der Waals surface area contributed by atoms with Gasteiger partial charge < -0.3 is 19.9 Å². The quantitative estimate of drug-likeness (QED) is 0.768. The van der Waals surface area contributed by atoms with E-state index in [-0.39, 0.29) is 11.3 Å². The highest BCUT2D eigenvalue weighted by atomic mass is 16.5. The third-order valence-electron chi connectivity index (χ3n) is 4.09. The van der Waals surface area contributed by atoms with Crippen LogP contribution in [0.1, 0.15) is 43.5 Å². The van der Waals surface area contributed by atoms with Crippen molar-refractivity contribution in [3.63, 3.8) is 0 Å². The molecule has 23 heavy (non-hydrogen) atoms. The smallest absolute Gasteiger partial charge is 0.341 e. The highest BCUT2D eigenvalue weighted by Crippen LogP contribution is 2.39. The van der Waals surface area contributed by atoms with Crippen molar-refractivity contribution in [2.75, 3.05) is 19.8 Å². The first-order valence-corrected chi connectivity index (χ1v) is 7.83. The zero-order valence-corrected chi connectivity index (χ0v) is 13.6. The van der Waals surface area contributed by atoms with Crippen LogP contribution in [0, 0.1) is 5.41 Å². The van der Waals surface area contributed by atoms with Crippen LogP contribution in [0.2, 0.25) is 0 Å². The number of benzene rings is 1. The summed E-state index contributed by atoms with van der Waals surface area (Å²) in [5, 5.41) is 11.6. The van der Waals surface area contributed by atoms with Gasteiger partial charge in [0.15, 0.2) is 18.1 Å². The van der Waals surface area contributed by atoms with E-state index < -0.39 is 12.6 Å². The molecule has 126 valence electrons. The molecule has 2 rings (SSSR count). The lowest BCUT2D eigenvalue weighted by Crippen LogP contribution is -2.39. The van der Waals surface area contributed by atoms with Crippen LogP contribution in [0.25, 0.3) is 0 Å². The number of ether oxygens (including phenoxy) is 2. The Morgan fingerprint density at radius 2 is 2.00 bits per heavy atom. The average molecular weight is 321 g/mol. The molecule has 0 saturated heterocycles. The van der Waals surface area contributed by atoms with Crippen LogP contribution < -0.4 is 14.8 Å². The number of rotatable bonds is 8. The van der Waals surface area contributed by atoms with Gasteiger partial charge in [0.1, 0.15) is 0 Å². The molecule has 6 heteroatoms. The Labute approximate surface area is 135 Å². The van der Waals surface area contributed by atoms with Crippen molar-refractivity contribution in [2.45, 2.75) is 33.1 Å². The van der Waals surface area contributed by atoms with Gasteiger partial charge in [0.05, 0.1) is 6.61 Å². The maximum atomic E-state index is 12.3. The fraction of sp³-hybridized carbons (Fsp3) is 0.529. The fourth-order valence-electron chi connectivity index (χ4n) is 2.53. The molecule has 2 N–H and O–H groups in total. The summed E-state index contributed by atoms with van der Waals surface area (Å²) in [6.07, 6.45) is 3.50. The van der Waals surface area contributed by atoms with E-state index >= 15 is 0 Å². The molecule has 0 spiro atoms. The molecule has 0 atom stereocenters. The van der Waals surface area contributed by atoms with Gasteiger partial charge in [0.25, 0.3) is 5.91 Å². The van der Waals surface area contributed by atoms with E-state index in [2.05, 4.69) is 12.2 Å². The van der Waals surface area contributed by atoms with Crippen molar-refractivity contribution in [3.05, 3.63) is 23.8 Å². The molecule has 1 aliphatic carbocycles. The highest BCUT2D eigenvalue weighted by molar-refractivity contribution is 5.94. The lowest BCUT2D eigenvalue weighted by Gasteiger charge is -2.38. The predicted octanol–water partition coefficient (Wildman–Crippen LogP) is 2.47. The lowest BCUT2D eigenvalue weighted by molar-refractivity contribution is -0.139. The summed E-state index contributed by atoms with van der Waals surface area (Å²) < 4.78 is 10.6. The summed E-state index contributed by atoms with van der Waals surface area (Å²) in [7, 11) is 0. The molecule has 6 nitrogen and oxygen atoms in total. The van der Waals surface area contributed by atoms with Gasteiger partial charge in [-0.15, -0.1) is 0 Å². The first kappa shape index (κ1) is 17.1. The molecule has 1 saturated carbocycles. The maximum Gasteiger partial charge on any atom is 0.341 e. The second-order valence-corrected chi connectivity index (χ2v) is 6.12. The van der Waals surface area contributed by atoms with Crippen molar-refractivity contribution in [1.29, 1.82) is 0 Å². The molecule has 0 heterocycles. The first-order valence-electron chi connectivity index (χ1n) is 7.83. The minimum Gasteiger partial charge on any atom is -0.490 e. The molecule has 1 aliphatic rings. The van der Waals surface area contributed by atoms with Crippen LogP contribution in [-0.2, 0) is 4.79 Å². The summed E-state index contributed by atoms with van der Waals surface area (Å²) in [6, 6.07) is 4.76. The van der Waals surface area contributed by atoms with Crippen LogP contribution in [0.4, 0.5) is 0 Å².